The van der Waals surface area contributed by atoms with Gasteiger partial charge in [-0.3, -0.25) is 14.0 Å². The number of amides is 1. The number of anilines is 1. The second-order valence-corrected chi connectivity index (χ2v) is 9.06. The highest BCUT2D eigenvalue weighted by molar-refractivity contribution is 7.99. The van der Waals surface area contributed by atoms with E-state index >= 15 is 0 Å². The van der Waals surface area contributed by atoms with Gasteiger partial charge in [0.05, 0.1) is 23.2 Å². The van der Waals surface area contributed by atoms with Gasteiger partial charge in [0, 0.05) is 35.0 Å². The number of thiazole rings is 1. The molecule has 1 aliphatic rings. The molecule has 0 radical (unpaired) electrons. The summed E-state index contributed by atoms with van der Waals surface area (Å²) in [7, 11) is 0. The molecule has 3 heterocycles. The fourth-order valence-electron chi connectivity index (χ4n) is 3.08. The van der Waals surface area contributed by atoms with Crippen molar-refractivity contribution >= 4 is 51.3 Å². The van der Waals surface area contributed by atoms with Crippen molar-refractivity contribution in [1.29, 1.82) is 0 Å². The Bertz CT molecular complexity index is 1100. The van der Waals surface area contributed by atoms with Gasteiger partial charge in [0.25, 0.3) is 5.56 Å². The van der Waals surface area contributed by atoms with Crippen LogP contribution in [0.2, 0.25) is 5.02 Å². The van der Waals surface area contributed by atoms with Gasteiger partial charge in [0.2, 0.25) is 5.91 Å². The van der Waals surface area contributed by atoms with Crippen molar-refractivity contribution in [2.24, 2.45) is 0 Å². The van der Waals surface area contributed by atoms with Crippen LogP contribution < -0.4 is 15.6 Å². The molecule has 0 aliphatic carbocycles. The first kappa shape index (κ1) is 21.2. The van der Waals surface area contributed by atoms with E-state index in [2.05, 4.69) is 10.3 Å². The first-order chi connectivity index (χ1) is 14.6. The highest BCUT2D eigenvalue weighted by Gasteiger charge is 2.17. The predicted molar refractivity (Wildman–Crippen MR) is 120 cm³/mol. The topological polar surface area (TPSA) is 81.9 Å². The summed E-state index contributed by atoms with van der Waals surface area (Å²) in [6.07, 6.45) is 3.79. The molecule has 0 spiro atoms. The molecule has 1 atom stereocenters. The molecule has 7 nitrogen and oxygen atoms in total. The Morgan fingerprint density at radius 3 is 3.17 bits per heavy atom. The van der Waals surface area contributed by atoms with E-state index in [1.54, 1.807) is 24.4 Å². The third kappa shape index (κ3) is 5.34. The molecular formula is C20H20ClN3O4S2. The van der Waals surface area contributed by atoms with Crippen LogP contribution in [0.25, 0.3) is 4.96 Å². The molecule has 0 bridgehead atoms. The average molecular weight is 466 g/mol. The van der Waals surface area contributed by atoms with E-state index in [1.165, 1.54) is 33.6 Å². The van der Waals surface area contributed by atoms with Crippen LogP contribution >= 0.6 is 34.7 Å². The summed E-state index contributed by atoms with van der Waals surface area (Å²) in [5.41, 5.74) is 1.07. The number of benzene rings is 1. The maximum atomic E-state index is 12.4. The monoisotopic (exact) mass is 465 g/mol. The van der Waals surface area contributed by atoms with Crippen LogP contribution in [0.15, 0.2) is 40.6 Å². The summed E-state index contributed by atoms with van der Waals surface area (Å²) >= 11 is 8.88. The van der Waals surface area contributed by atoms with Crippen LogP contribution in [0.4, 0.5) is 5.69 Å². The first-order valence-electron chi connectivity index (χ1n) is 9.46. The molecule has 1 fully saturated rings. The summed E-state index contributed by atoms with van der Waals surface area (Å²) in [6, 6.07) is 6.64. The molecule has 30 heavy (non-hydrogen) atoms. The van der Waals surface area contributed by atoms with E-state index in [-0.39, 0.29) is 23.3 Å². The molecule has 1 N–H and O–H groups in total. The van der Waals surface area contributed by atoms with Gasteiger partial charge in [0.1, 0.15) is 12.4 Å². The van der Waals surface area contributed by atoms with Crippen LogP contribution in [-0.2, 0) is 15.3 Å². The van der Waals surface area contributed by atoms with Gasteiger partial charge in [-0.05, 0) is 31.0 Å². The number of carbonyl (C=O) groups excluding carboxylic acids is 1. The Kier molecular flexibility index (Phi) is 6.93. The van der Waals surface area contributed by atoms with Gasteiger partial charge < -0.3 is 14.8 Å². The number of halogens is 1. The Balaban J connectivity index is 1.32. The van der Waals surface area contributed by atoms with Crippen molar-refractivity contribution in [3.63, 3.8) is 0 Å². The zero-order valence-electron chi connectivity index (χ0n) is 16.0. The van der Waals surface area contributed by atoms with Crippen LogP contribution in [0.5, 0.6) is 5.75 Å². The minimum absolute atomic E-state index is 0.0806. The largest absolute Gasteiger partial charge is 0.489 e. The fraction of sp³-hybridized carbons (Fsp3) is 0.350. The Hall–Kier alpha value is -2.07. The van der Waals surface area contributed by atoms with Crippen LogP contribution in [-0.4, -0.2) is 40.4 Å². The van der Waals surface area contributed by atoms with Crippen molar-refractivity contribution in [1.82, 2.24) is 9.38 Å². The van der Waals surface area contributed by atoms with Crippen molar-refractivity contribution < 1.29 is 14.3 Å². The molecular weight excluding hydrogens is 446 g/mol. The molecule has 1 amide bonds. The van der Waals surface area contributed by atoms with E-state index in [0.717, 1.165) is 19.4 Å². The Morgan fingerprint density at radius 2 is 2.33 bits per heavy atom. The number of hydrogen-bond donors (Lipinski definition) is 1. The standard InChI is InChI=1S/C20H20ClN3O4S2/c21-13-3-4-17(28-10-15-2-1-6-27-15)16(8-13)23-18(25)12-29-11-14-9-19(26)24-5-7-30-20(24)22-14/h3-5,7-9,15H,1-2,6,10-12H2,(H,23,25). The number of fused-ring (bicyclic) bond motifs is 1. The number of rotatable bonds is 8. The van der Waals surface area contributed by atoms with E-state index in [1.807, 2.05) is 5.38 Å². The second kappa shape index (κ2) is 9.82. The van der Waals surface area contributed by atoms with Crippen molar-refractivity contribution in [3.8, 4) is 5.75 Å². The lowest BCUT2D eigenvalue weighted by atomic mass is 10.2. The second-order valence-electron chi connectivity index (χ2n) is 6.77. The zero-order valence-corrected chi connectivity index (χ0v) is 18.4. The zero-order chi connectivity index (χ0) is 20.9. The summed E-state index contributed by atoms with van der Waals surface area (Å²) in [6.45, 7) is 1.20. The molecule has 1 aromatic carbocycles. The van der Waals surface area contributed by atoms with Crippen molar-refractivity contribution in [2.75, 3.05) is 24.3 Å². The highest BCUT2D eigenvalue weighted by Crippen LogP contribution is 2.29. The van der Waals surface area contributed by atoms with Gasteiger partial charge in [-0.1, -0.05) is 11.6 Å². The molecule has 1 saturated heterocycles. The highest BCUT2D eigenvalue weighted by atomic mass is 35.5. The molecule has 4 rings (SSSR count). The summed E-state index contributed by atoms with van der Waals surface area (Å²) in [5.74, 6) is 1.06. The number of carbonyl (C=O) groups is 1. The lowest BCUT2D eigenvalue weighted by Crippen LogP contribution is -2.19. The number of hydrogen-bond acceptors (Lipinski definition) is 7. The molecule has 3 aromatic rings. The maximum absolute atomic E-state index is 12.4. The molecule has 1 unspecified atom stereocenters. The number of ether oxygens (including phenoxy) is 2. The fourth-order valence-corrected chi connectivity index (χ4v) is 4.71. The predicted octanol–water partition coefficient (Wildman–Crippen LogP) is 3.84. The van der Waals surface area contributed by atoms with Crippen molar-refractivity contribution in [2.45, 2.75) is 24.7 Å². The lowest BCUT2D eigenvalue weighted by molar-refractivity contribution is -0.113. The van der Waals surface area contributed by atoms with Crippen LogP contribution in [0.3, 0.4) is 0 Å². The molecule has 158 valence electrons. The van der Waals surface area contributed by atoms with Gasteiger partial charge in [-0.25, -0.2) is 4.98 Å². The summed E-state index contributed by atoms with van der Waals surface area (Å²) in [4.78, 5) is 29.5. The van der Waals surface area contributed by atoms with Crippen molar-refractivity contribution in [3.05, 3.63) is 56.9 Å². The van der Waals surface area contributed by atoms with E-state index < -0.39 is 0 Å². The molecule has 1 aliphatic heterocycles. The third-order valence-corrected chi connectivity index (χ3v) is 6.46. The SMILES string of the molecule is O=C(CSCc1cc(=O)n2ccsc2n1)Nc1cc(Cl)ccc1OCC1CCCO1. The van der Waals surface area contributed by atoms with E-state index in [0.29, 0.717) is 39.5 Å². The first-order valence-corrected chi connectivity index (χ1v) is 11.9. The Labute approximate surface area is 186 Å². The molecule has 2 aromatic heterocycles. The average Bonchev–Trinajstić information content (AvgIpc) is 3.39. The van der Waals surface area contributed by atoms with Crippen LogP contribution in [0.1, 0.15) is 18.5 Å². The van der Waals surface area contributed by atoms with Gasteiger partial charge in [-0.2, -0.15) is 0 Å². The molecule has 0 saturated carbocycles. The minimum Gasteiger partial charge on any atom is -0.489 e. The molecule has 10 heteroatoms. The summed E-state index contributed by atoms with van der Waals surface area (Å²) in [5, 5.41) is 5.18. The maximum Gasteiger partial charge on any atom is 0.258 e. The number of nitrogens with zero attached hydrogens (tertiary/aromatic N) is 2. The van der Waals surface area contributed by atoms with Crippen LogP contribution in [0, 0.1) is 0 Å². The van der Waals surface area contributed by atoms with Gasteiger partial charge in [-0.15, -0.1) is 23.1 Å². The third-order valence-electron chi connectivity index (χ3n) is 4.50. The quantitative estimate of drug-likeness (QED) is 0.544. The minimum atomic E-state index is -0.182. The number of nitrogens with one attached hydrogen (secondary N) is 1. The van der Waals surface area contributed by atoms with E-state index in [4.69, 9.17) is 21.1 Å². The number of thioether (sulfide) groups is 1. The Morgan fingerprint density at radius 1 is 1.43 bits per heavy atom. The smallest absolute Gasteiger partial charge is 0.258 e. The summed E-state index contributed by atoms with van der Waals surface area (Å²) < 4.78 is 12.9. The number of aromatic nitrogens is 2. The van der Waals surface area contributed by atoms with Gasteiger partial charge >= 0.3 is 0 Å². The van der Waals surface area contributed by atoms with Gasteiger partial charge in [0.15, 0.2) is 4.96 Å². The normalized spacial score (nSPS) is 16.1. The van der Waals surface area contributed by atoms with E-state index in [9.17, 15) is 9.59 Å². The lowest BCUT2D eigenvalue weighted by Gasteiger charge is -2.15.